The molecule has 2 N–H and O–H groups in total. The average molecular weight is 233 g/mol. The highest BCUT2D eigenvalue weighted by Crippen LogP contribution is 2.23. The molecule has 0 fully saturated rings. The summed E-state index contributed by atoms with van der Waals surface area (Å²) in [5, 5.41) is 10.6. The smallest absolute Gasteiger partial charge is 0.276 e. The SMILES string of the molecule is Cc1ccc(OCCN)cc1[N+](=O)[O-].Cl. The van der Waals surface area contributed by atoms with Gasteiger partial charge in [-0.25, -0.2) is 0 Å². The van der Waals surface area contributed by atoms with E-state index in [2.05, 4.69) is 0 Å². The Hall–Kier alpha value is -1.33. The Morgan fingerprint density at radius 1 is 1.53 bits per heavy atom. The fourth-order valence-electron chi connectivity index (χ4n) is 1.05. The molecule has 84 valence electrons. The highest BCUT2D eigenvalue weighted by atomic mass is 35.5. The molecular formula is C9H13ClN2O3. The average Bonchev–Trinajstić information content (AvgIpc) is 2.16. The van der Waals surface area contributed by atoms with Crippen molar-refractivity contribution in [3.63, 3.8) is 0 Å². The number of ether oxygens (including phenoxy) is 1. The molecule has 0 heterocycles. The van der Waals surface area contributed by atoms with E-state index in [4.69, 9.17) is 10.5 Å². The van der Waals surface area contributed by atoms with Crippen molar-refractivity contribution in [2.75, 3.05) is 13.2 Å². The second kappa shape index (κ2) is 6.21. The summed E-state index contributed by atoms with van der Waals surface area (Å²) < 4.78 is 5.17. The minimum absolute atomic E-state index is 0. The maximum absolute atomic E-state index is 10.6. The van der Waals surface area contributed by atoms with Gasteiger partial charge in [0, 0.05) is 12.1 Å². The summed E-state index contributed by atoms with van der Waals surface area (Å²) in [6.45, 7) is 2.44. The van der Waals surface area contributed by atoms with E-state index in [1.54, 1.807) is 19.1 Å². The van der Waals surface area contributed by atoms with E-state index in [0.717, 1.165) is 0 Å². The maximum Gasteiger partial charge on any atom is 0.276 e. The summed E-state index contributed by atoms with van der Waals surface area (Å²) in [7, 11) is 0. The number of nitro benzene ring substituents is 1. The minimum atomic E-state index is -0.426. The molecule has 0 radical (unpaired) electrons. The Balaban J connectivity index is 0.00000196. The Morgan fingerprint density at radius 2 is 2.20 bits per heavy atom. The van der Waals surface area contributed by atoms with Crippen LogP contribution in [0.4, 0.5) is 5.69 Å². The van der Waals surface area contributed by atoms with Gasteiger partial charge < -0.3 is 10.5 Å². The van der Waals surface area contributed by atoms with Crippen molar-refractivity contribution >= 4 is 18.1 Å². The predicted octanol–water partition coefficient (Wildman–Crippen LogP) is 1.66. The molecule has 0 spiro atoms. The van der Waals surface area contributed by atoms with Gasteiger partial charge in [-0.05, 0) is 19.1 Å². The summed E-state index contributed by atoms with van der Waals surface area (Å²) in [5.74, 6) is 0.479. The summed E-state index contributed by atoms with van der Waals surface area (Å²) in [6, 6.07) is 4.76. The standard InChI is InChI=1S/C9H12N2O3.ClH/c1-7-2-3-8(14-5-4-10)6-9(7)11(12)13;/h2-3,6H,4-5,10H2,1H3;1H. The molecule has 0 amide bonds. The first-order valence-electron chi connectivity index (χ1n) is 4.23. The molecule has 15 heavy (non-hydrogen) atoms. The number of nitrogens with two attached hydrogens (primary N) is 1. The van der Waals surface area contributed by atoms with Crippen LogP contribution < -0.4 is 10.5 Å². The number of hydrogen-bond acceptors (Lipinski definition) is 4. The number of benzene rings is 1. The lowest BCUT2D eigenvalue weighted by atomic mass is 10.2. The zero-order valence-electron chi connectivity index (χ0n) is 8.30. The second-order valence-corrected chi connectivity index (χ2v) is 2.84. The van der Waals surface area contributed by atoms with Gasteiger partial charge in [-0.1, -0.05) is 0 Å². The van der Waals surface area contributed by atoms with Crippen molar-refractivity contribution in [3.05, 3.63) is 33.9 Å². The second-order valence-electron chi connectivity index (χ2n) is 2.84. The molecule has 6 heteroatoms. The largest absolute Gasteiger partial charge is 0.492 e. The van der Waals surface area contributed by atoms with Crippen LogP contribution in [0.25, 0.3) is 0 Å². The number of hydrogen-bond donors (Lipinski definition) is 1. The maximum atomic E-state index is 10.6. The molecule has 0 aliphatic carbocycles. The number of nitrogens with zero attached hydrogens (tertiary/aromatic N) is 1. The molecule has 0 unspecified atom stereocenters. The molecule has 1 aromatic rings. The van der Waals surface area contributed by atoms with Crippen LogP contribution in [0.1, 0.15) is 5.56 Å². The van der Waals surface area contributed by atoms with Crippen LogP contribution in [-0.2, 0) is 0 Å². The topological polar surface area (TPSA) is 78.4 Å². The fourth-order valence-corrected chi connectivity index (χ4v) is 1.05. The lowest BCUT2D eigenvalue weighted by Gasteiger charge is -2.04. The van der Waals surface area contributed by atoms with Crippen molar-refractivity contribution in [2.24, 2.45) is 5.73 Å². The third-order valence-corrected chi connectivity index (χ3v) is 1.76. The number of nitro groups is 1. The molecule has 0 saturated carbocycles. The van der Waals surface area contributed by atoms with Crippen LogP contribution >= 0.6 is 12.4 Å². The van der Waals surface area contributed by atoms with E-state index in [1.165, 1.54) is 6.07 Å². The van der Waals surface area contributed by atoms with Crippen molar-refractivity contribution in [1.29, 1.82) is 0 Å². The summed E-state index contributed by atoms with van der Waals surface area (Å²) in [4.78, 5) is 10.1. The van der Waals surface area contributed by atoms with E-state index in [1.807, 2.05) is 0 Å². The number of rotatable bonds is 4. The van der Waals surface area contributed by atoms with E-state index in [-0.39, 0.29) is 18.1 Å². The van der Waals surface area contributed by atoms with Crippen LogP contribution in [-0.4, -0.2) is 18.1 Å². The zero-order valence-corrected chi connectivity index (χ0v) is 9.12. The van der Waals surface area contributed by atoms with Gasteiger partial charge in [-0.15, -0.1) is 12.4 Å². The van der Waals surface area contributed by atoms with Crippen molar-refractivity contribution < 1.29 is 9.66 Å². The number of halogens is 1. The predicted molar refractivity (Wildman–Crippen MR) is 59.6 cm³/mol. The van der Waals surface area contributed by atoms with E-state index >= 15 is 0 Å². The monoisotopic (exact) mass is 232 g/mol. The molecule has 1 aromatic carbocycles. The van der Waals surface area contributed by atoms with Gasteiger partial charge in [0.2, 0.25) is 0 Å². The van der Waals surface area contributed by atoms with Crippen LogP contribution in [0.2, 0.25) is 0 Å². The van der Waals surface area contributed by atoms with Crippen LogP contribution in [0.5, 0.6) is 5.75 Å². The molecule has 0 aromatic heterocycles. The summed E-state index contributed by atoms with van der Waals surface area (Å²) in [6.07, 6.45) is 0. The molecule has 0 atom stereocenters. The third kappa shape index (κ3) is 3.73. The Bertz CT molecular complexity index is 344. The molecule has 0 aliphatic heterocycles. The molecule has 0 aliphatic rings. The zero-order chi connectivity index (χ0) is 10.6. The first-order chi connectivity index (χ1) is 6.65. The van der Waals surface area contributed by atoms with Crippen molar-refractivity contribution in [3.8, 4) is 5.75 Å². The lowest BCUT2D eigenvalue weighted by molar-refractivity contribution is -0.385. The van der Waals surface area contributed by atoms with Crippen LogP contribution in [0.3, 0.4) is 0 Å². The van der Waals surface area contributed by atoms with Crippen LogP contribution in [0, 0.1) is 17.0 Å². The lowest BCUT2D eigenvalue weighted by Crippen LogP contribution is -2.10. The first-order valence-corrected chi connectivity index (χ1v) is 4.23. The molecular weight excluding hydrogens is 220 g/mol. The molecule has 0 saturated heterocycles. The highest BCUT2D eigenvalue weighted by molar-refractivity contribution is 5.85. The quantitative estimate of drug-likeness (QED) is 0.633. The number of aryl methyl sites for hydroxylation is 1. The Kier molecular flexibility index (Phi) is 5.66. The van der Waals surface area contributed by atoms with Gasteiger partial charge in [0.25, 0.3) is 5.69 Å². The molecule has 5 nitrogen and oxygen atoms in total. The van der Waals surface area contributed by atoms with Crippen molar-refractivity contribution in [2.45, 2.75) is 6.92 Å². The first kappa shape index (κ1) is 13.7. The van der Waals surface area contributed by atoms with Gasteiger partial charge in [0.1, 0.15) is 12.4 Å². The summed E-state index contributed by atoms with van der Waals surface area (Å²) >= 11 is 0. The summed E-state index contributed by atoms with van der Waals surface area (Å²) in [5.41, 5.74) is 5.93. The van der Waals surface area contributed by atoms with Gasteiger partial charge in [-0.2, -0.15) is 0 Å². The van der Waals surface area contributed by atoms with Gasteiger partial charge in [-0.3, -0.25) is 10.1 Å². The fraction of sp³-hybridized carbons (Fsp3) is 0.333. The van der Waals surface area contributed by atoms with E-state index in [9.17, 15) is 10.1 Å². The van der Waals surface area contributed by atoms with Crippen LogP contribution in [0.15, 0.2) is 18.2 Å². The Labute approximate surface area is 93.8 Å². The minimum Gasteiger partial charge on any atom is -0.492 e. The van der Waals surface area contributed by atoms with Crippen molar-refractivity contribution in [1.82, 2.24) is 0 Å². The normalized spacial score (nSPS) is 9.20. The molecule has 1 rings (SSSR count). The van der Waals surface area contributed by atoms with Gasteiger partial charge in [0.15, 0.2) is 0 Å². The highest BCUT2D eigenvalue weighted by Gasteiger charge is 2.11. The third-order valence-electron chi connectivity index (χ3n) is 1.76. The van der Waals surface area contributed by atoms with Gasteiger partial charge >= 0.3 is 0 Å². The van der Waals surface area contributed by atoms with E-state index < -0.39 is 4.92 Å². The molecule has 0 bridgehead atoms. The van der Waals surface area contributed by atoms with Gasteiger partial charge in [0.05, 0.1) is 11.0 Å². The van der Waals surface area contributed by atoms with E-state index in [0.29, 0.717) is 24.5 Å². The Morgan fingerprint density at radius 3 is 2.73 bits per heavy atom.